The van der Waals surface area contributed by atoms with Gasteiger partial charge in [0, 0.05) is 12.3 Å². The first-order chi connectivity index (χ1) is 11.5. The standard InChI is InChI=1S/C18H16N2O3S/c1-14-10-11-18(21)20(13-14)16-7-5-6-15(12-16)19-24(22,23)17-8-3-2-4-9-17/h2-13,19H,1H3. The molecule has 0 radical (unpaired) electrons. The number of benzene rings is 2. The Morgan fingerprint density at radius 1 is 0.917 bits per heavy atom. The topological polar surface area (TPSA) is 68.2 Å². The molecule has 6 heteroatoms. The van der Waals surface area contributed by atoms with Gasteiger partial charge in [-0.3, -0.25) is 14.1 Å². The molecule has 0 spiro atoms. The Morgan fingerprint density at radius 3 is 2.42 bits per heavy atom. The molecule has 0 amide bonds. The van der Waals surface area contributed by atoms with E-state index in [1.807, 2.05) is 6.92 Å². The second-order valence-corrected chi connectivity index (χ2v) is 7.07. The summed E-state index contributed by atoms with van der Waals surface area (Å²) in [4.78, 5) is 12.2. The largest absolute Gasteiger partial charge is 0.284 e. The van der Waals surface area contributed by atoms with Crippen LogP contribution in [-0.2, 0) is 10.0 Å². The number of hydrogen-bond acceptors (Lipinski definition) is 3. The number of aromatic nitrogens is 1. The minimum atomic E-state index is -3.67. The molecule has 0 aliphatic heterocycles. The number of nitrogens with zero attached hydrogens (tertiary/aromatic N) is 1. The van der Waals surface area contributed by atoms with Gasteiger partial charge in [0.05, 0.1) is 16.3 Å². The number of nitrogens with one attached hydrogen (secondary N) is 1. The Morgan fingerprint density at radius 2 is 1.67 bits per heavy atom. The molecule has 2 aromatic carbocycles. The minimum Gasteiger partial charge on any atom is -0.284 e. The Balaban J connectivity index is 1.97. The highest BCUT2D eigenvalue weighted by Crippen LogP contribution is 2.18. The van der Waals surface area contributed by atoms with Crippen molar-refractivity contribution in [3.8, 4) is 5.69 Å². The Bertz CT molecular complexity index is 1030. The lowest BCUT2D eigenvalue weighted by molar-refractivity contribution is 0.601. The molecule has 3 aromatic rings. The second kappa shape index (κ2) is 6.33. The quantitative estimate of drug-likeness (QED) is 0.794. The van der Waals surface area contributed by atoms with Crippen LogP contribution in [0.3, 0.4) is 0 Å². The molecule has 3 rings (SSSR count). The van der Waals surface area contributed by atoms with Crippen molar-refractivity contribution in [1.82, 2.24) is 4.57 Å². The maximum atomic E-state index is 12.4. The van der Waals surface area contributed by atoms with Crippen LogP contribution in [0.2, 0.25) is 0 Å². The number of aryl methyl sites for hydroxylation is 1. The molecular weight excluding hydrogens is 324 g/mol. The minimum absolute atomic E-state index is 0.177. The van der Waals surface area contributed by atoms with Gasteiger partial charge in [-0.25, -0.2) is 8.42 Å². The van der Waals surface area contributed by atoms with Crippen LogP contribution >= 0.6 is 0 Å². The third kappa shape index (κ3) is 3.38. The van der Waals surface area contributed by atoms with Gasteiger partial charge in [-0.15, -0.1) is 0 Å². The van der Waals surface area contributed by atoms with Crippen molar-refractivity contribution < 1.29 is 8.42 Å². The van der Waals surface area contributed by atoms with Crippen LogP contribution in [0.15, 0.2) is 82.6 Å². The first-order valence-electron chi connectivity index (χ1n) is 7.33. The molecule has 1 N–H and O–H groups in total. The normalized spacial score (nSPS) is 11.2. The van der Waals surface area contributed by atoms with Gasteiger partial charge in [0.15, 0.2) is 0 Å². The van der Waals surface area contributed by atoms with Crippen molar-refractivity contribution in [2.75, 3.05) is 4.72 Å². The van der Waals surface area contributed by atoms with Crippen molar-refractivity contribution in [3.05, 3.63) is 88.8 Å². The molecule has 24 heavy (non-hydrogen) atoms. The summed E-state index contributed by atoms with van der Waals surface area (Å²) in [6.45, 7) is 1.89. The fourth-order valence-electron chi connectivity index (χ4n) is 2.33. The highest BCUT2D eigenvalue weighted by atomic mass is 32.2. The molecule has 0 unspecified atom stereocenters. The van der Waals surface area contributed by atoms with Gasteiger partial charge in [0.1, 0.15) is 0 Å². The zero-order valence-electron chi connectivity index (χ0n) is 13.0. The zero-order chi connectivity index (χ0) is 17.2. The third-order valence-electron chi connectivity index (χ3n) is 3.49. The van der Waals surface area contributed by atoms with Crippen molar-refractivity contribution in [2.24, 2.45) is 0 Å². The molecule has 0 fully saturated rings. The van der Waals surface area contributed by atoms with E-state index in [9.17, 15) is 13.2 Å². The van der Waals surface area contributed by atoms with Gasteiger partial charge in [0.25, 0.3) is 15.6 Å². The lowest BCUT2D eigenvalue weighted by Gasteiger charge is -2.11. The summed E-state index contributed by atoms with van der Waals surface area (Å²) < 4.78 is 28.8. The van der Waals surface area contributed by atoms with Crippen LogP contribution in [0.5, 0.6) is 0 Å². The van der Waals surface area contributed by atoms with Gasteiger partial charge in [-0.1, -0.05) is 30.3 Å². The summed E-state index contributed by atoms with van der Waals surface area (Å²) >= 11 is 0. The first-order valence-corrected chi connectivity index (χ1v) is 8.82. The van der Waals surface area contributed by atoms with Crippen molar-refractivity contribution >= 4 is 15.7 Å². The molecule has 0 aliphatic rings. The van der Waals surface area contributed by atoms with Gasteiger partial charge in [-0.05, 0) is 42.8 Å². The lowest BCUT2D eigenvalue weighted by atomic mass is 10.2. The van der Waals surface area contributed by atoms with E-state index in [0.717, 1.165) is 5.56 Å². The third-order valence-corrected chi connectivity index (χ3v) is 4.89. The van der Waals surface area contributed by atoms with Crippen LogP contribution < -0.4 is 10.3 Å². The molecule has 0 aliphatic carbocycles. The summed E-state index contributed by atoms with van der Waals surface area (Å²) in [5.41, 5.74) is 1.75. The number of rotatable bonds is 4. The van der Waals surface area contributed by atoms with Gasteiger partial charge < -0.3 is 0 Å². The van der Waals surface area contributed by atoms with E-state index < -0.39 is 10.0 Å². The van der Waals surface area contributed by atoms with E-state index in [4.69, 9.17) is 0 Å². The summed E-state index contributed by atoms with van der Waals surface area (Å²) in [7, 11) is -3.67. The van der Waals surface area contributed by atoms with Gasteiger partial charge >= 0.3 is 0 Å². The number of pyridine rings is 1. The SMILES string of the molecule is Cc1ccc(=O)n(-c2cccc(NS(=O)(=O)c3ccccc3)c2)c1. The van der Waals surface area contributed by atoms with E-state index >= 15 is 0 Å². The number of sulfonamides is 1. The van der Waals surface area contributed by atoms with Crippen LogP contribution in [-0.4, -0.2) is 13.0 Å². The molecule has 0 saturated carbocycles. The summed E-state index contributed by atoms with van der Waals surface area (Å²) in [6.07, 6.45) is 1.72. The lowest BCUT2D eigenvalue weighted by Crippen LogP contribution is -2.17. The molecule has 0 saturated heterocycles. The predicted molar refractivity (Wildman–Crippen MR) is 94.0 cm³/mol. The highest BCUT2D eigenvalue weighted by Gasteiger charge is 2.13. The van der Waals surface area contributed by atoms with Crippen LogP contribution in [0.4, 0.5) is 5.69 Å². The van der Waals surface area contributed by atoms with Crippen molar-refractivity contribution in [1.29, 1.82) is 0 Å². The molecule has 1 aromatic heterocycles. The molecule has 0 bridgehead atoms. The fourth-order valence-corrected chi connectivity index (χ4v) is 3.40. The Kier molecular flexibility index (Phi) is 4.22. The van der Waals surface area contributed by atoms with E-state index in [0.29, 0.717) is 11.4 Å². The highest BCUT2D eigenvalue weighted by molar-refractivity contribution is 7.92. The fraction of sp³-hybridized carbons (Fsp3) is 0.0556. The van der Waals surface area contributed by atoms with Crippen LogP contribution in [0.25, 0.3) is 5.69 Å². The Labute approximate surface area is 140 Å². The van der Waals surface area contributed by atoms with Crippen LogP contribution in [0.1, 0.15) is 5.56 Å². The monoisotopic (exact) mass is 340 g/mol. The summed E-state index contributed by atoms with van der Waals surface area (Å²) in [6, 6.07) is 18.1. The van der Waals surface area contributed by atoms with Gasteiger partial charge in [0.2, 0.25) is 0 Å². The van der Waals surface area contributed by atoms with Crippen molar-refractivity contribution in [2.45, 2.75) is 11.8 Å². The number of hydrogen-bond donors (Lipinski definition) is 1. The predicted octanol–water partition coefficient (Wildman–Crippen LogP) is 2.95. The van der Waals surface area contributed by atoms with E-state index in [2.05, 4.69) is 4.72 Å². The van der Waals surface area contributed by atoms with Crippen molar-refractivity contribution in [3.63, 3.8) is 0 Å². The summed E-state index contributed by atoms with van der Waals surface area (Å²) in [5.74, 6) is 0. The Hall–Kier alpha value is -2.86. The molecular formula is C18H16N2O3S. The molecule has 122 valence electrons. The average Bonchev–Trinajstić information content (AvgIpc) is 2.58. The molecule has 5 nitrogen and oxygen atoms in total. The van der Waals surface area contributed by atoms with Gasteiger partial charge in [-0.2, -0.15) is 0 Å². The number of anilines is 1. The van der Waals surface area contributed by atoms with E-state index in [1.54, 1.807) is 54.7 Å². The summed E-state index contributed by atoms with van der Waals surface area (Å²) in [5, 5.41) is 0. The average molecular weight is 340 g/mol. The maximum absolute atomic E-state index is 12.4. The maximum Gasteiger partial charge on any atom is 0.261 e. The van der Waals surface area contributed by atoms with E-state index in [1.165, 1.54) is 22.8 Å². The zero-order valence-corrected chi connectivity index (χ0v) is 13.8. The van der Waals surface area contributed by atoms with Crippen LogP contribution in [0, 0.1) is 6.92 Å². The second-order valence-electron chi connectivity index (χ2n) is 5.38. The molecule has 0 atom stereocenters. The molecule has 1 heterocycles. The first kappa shape index (κ1) is 16.0. The smallest absolute Gasteiger partial charge is 0.261 e. The van der Waals surface area contributed by atoms with E-state index in [-0.39, 0.29) is 10.5 Å².